The van der Waals surface area contributed by atoms with E-state index in [9.17, 15) is 9.59 Å². The van der Waals surface area contributed by atoms with Crippen molar-refractivity contribution in [1.29, 1.82) is 0 Å². The van der Waals surface area contributed by atoms with Gasteiger partial charge in [0.1, 0.15) is 0 Å². The van der Waals surface area contributed by atoms with E-state index >= 15 is 0 Å². The Hall–Kier alpha value is -2.39. The molecule has 1 saturated heterocycles. The van der Waals surface area contributed by atoms with Crippen LogP contribution in [0.15, 0.2) is 15.8 Å². The van der Waals surface area contributed by atoms with Crippen LogP contribution < -0.4 is 27.7 Å². The molecule has 9 heteroatoms. The molecule has 1 aliphatic carbocycles. The molecule has 4 rings (SSSR count). The Kier molecular flexibility index (Phi) is 4.90. The van der Waals surface area contributed by atoms with Crippen LogP contribution in [0.2, 0.25) is 0 Å². The van der Waals surface area contributed by atoms with E-state index < -0.39 is 11.2 Å². The summed E-state index contributed by atoms with van der Waals surface area (Å²) in [5.41, 5.74) is 7.29. The number of nitrogens with zero attached hydrogens (tertiary/aromatic N) is 4. The first-order valence-corrected chi connectivity index (χ1v) is 10.2. The van der Waals surface area contributed by atoms with E-state index in [1.54, 1.807) is 10.8 Å². The van der Waals surface area contributed by atoms with Gasteiger partial charge in [-0.2, -0.15) is 4.68 Å². The maximum absolute atomic E-state index is 12.7. The Morgan fingerprint density at radius 1 is 1.31 bits per heavy atom. The fourth-order valence-corrected chi connectivity index (χ4v) is 4.61. The van der Waals surface area contributed by atoms with E-state index in [1.165, 1.54) is 0 Å². The molecule has 0 amide bonds. The second kappa shape index (κ2) is 7.14. The van der Waals surface area contributed by atoms with Gasteiger partial charge in [-0.25, -0.2) is 9.78 Å². The van der Waals surface area contributed by atoms with E-state index in [-0.39, 0.29) is 23.7 Å². The summed E-state index contributed by atoms with van der Waals surface area (Å²) in [5, 5.41) is 0. The van der Waals surface area contributed by atoms with E-state index in [4.69, 9.17) is 16.3 Å². The van der Waals surface area contributed by atoms with Crippen LogP contribution in [0.5, 0.6) is 0 Å². The van der Waals surface area contributed by atoms with Crippen molar-refractivity contribution in [3.05, 3.63) is 32.6 Å². The third-order valence-electron chi connectivity index (χ3n) is 6.48. The zero-order chi connectivity index (χ0) is 20.9. The monoisotopic (exact) mass is 402 g/mol. The van der Waals surface area contributed by atoms with Gasteiger partial charge in [0.05, 0.1) is 24.1 Å². The van der Waals surface area contributed by atoms with Gasteiger partial charge in [0.2, 0.25) is 0 Å². The topological polar surface area (TPSA) is 121 Å². The number of rotatable bonds is 6. The van der Waals surface area contributed by atoms with E-state index in [0.717, 1.165) is 43.6 Å². The van der Waals surface area contributed by atoms with Gasteiger partial charge in [-0.3, -0.25) is 9.36 Å². The summed E-state index contributed by atoms with van der Waals surface area (Å²) in [6, 6.07) is 0.0901. The van der Waals surface area contributed by atoms with Crippen molar-refractivity contribution in [2.24, 2.45) is 17.1 Å². The molecule has 0 spiro atoms. The highest BCUT2D eigenvalue weighted by atomic mass is 16.5. The molecule has 4 N–H and O–H groups in total. The number of ether oxygens (including phenoxy) is 1. The SMILES string of the molecule is Cc1c(N2CC(CCOCN)C(C)(C)C2)cnc2c(=O)n(N)c(=O)n(C3CC3)c12. The molecule has 1 aliphatic heterocycles. The maximum Gasteiger partial charge on any atom is 0.350 e. The lowest BCUT2D eigenvalue weighted by Gasteiger charge is -2.25. The summed E-state index contributed by atoms with van der Waals surface area (Å²) in [5.74, 6) is 6.19. The largest absolute Gasteiger partial charge is 0.369 e. The van der Waals surface area contributed by atoms with Crippen LogP contribution in [0.3, 0.4) is 0 Å². The second-order valence-electron chi connectivity index (χ2n) is 8.95. The first kappa shape index (κ1) is 19.9. The van der Waals surface area contributed by atoms with Gasteiger partial charge in [0, 0.05) is 31.3 Å². The van der Waals surface area contributed by atoms with Crippen molar-refractivity contribution >= 4 is 16.7 Å². The van der Waals surface area contributed by atoms with Crippen LogP contribution in [0.25, 0.3) is 11.0 Å². The molecule has 0 radical (unpaired) electrons. The molecule has 1 saturated carbocycles. The van der Waals surface area contributed by atoms with Crippen molar-refractivity contribution in [2.45, 2.75) is 46.1 Å². The number of aromatic nitrogens is 3. The number of nitrogen functional groups attached to an aromatic ring is 1. The molecule has 3 heterocycles. The number of hydrogen-bond donors (Lipinski definition) is 2. The van der Waals surface area contributed by atoms with Crippen molar-refractivity contribution in [2.75, 3.05) is 37.2 Å². The molecule has 0 bridgehead atoms. The Balaban J connectivity index is 1.77. The van der Waals surface area contributed by atoms with Crippen LogP contribution >= 0.6 is 0 Å². The third-order valence-corrected chi connectivity index (χ3v) is 6.48. The maximum atomic E-state index is 12.7. The predicted molar refractivity (Wildman–Crippen MR) is 113 cm³/mol. The lowest BCUT2D eigenvalue weighted by Crippen LogP contribution is -2.45. The van der Waals surface area contributed by atoms with Gasteiger partial charge in [0.15, 0.2) is 5.52 Å². The Bertz CT molecular complexity index is 1050. The molecule has 9 nitrogen and oxygen atoms in total. The Labute approximate surface area is 169 Å². The molecule has 2 aromatic rings. The van der Waals surface area contributed by atoms with Gasteiger partial charge in [-0.15, -0.1) is 0 Å². The normalized spacial score (nSPS) is 21.2. The smallest absolute Gasteiger partial charge is 0.350 e. The van der Waals surface area contributed by atoms with Crippen LogP contribution in [0.4, 0.5) is 5.69 Å². The van der Waals surface area contributed by atoms with Crippen LogP contribution in [0.1, 0.15) is 44.7 Å². The van der Waals surface area contributed by atoms with E-state index in [1.807, 2.05) is 6.92 Å². The van der Waals surface area contributed by atoms with Crippen LogP contribution in [0, 0.1) is 18.3 Å². The number of anilines is 1. The number of nitrogens with two attached hydrogens (primary N) is 2. The zero-order valence-electron chi connectivity index (χ0n) is 17.4. The fourth-order valence-electron chi connectivity index (χ4n) is 4.61. The molecule has 2 aromatic heterocycles. The summed E-state index contributed by atoms with van der Waals surface area (Å²) in [4.78, 5) is 32.0. The molecule has 1 unspecified atom stereocenters. The molecule has 1 atom stereocenters. The Morgan fingerprint density at radius 2 is 2.03 bits per heavy atom. The van der Waals surface area contributed by atoms with E-state index in [0.29, 0.717) is 22.7 Å². The number of fused-ring (bicyclic) bond motifs is 1. The highest BCUT2D eigenvalue weighted by Gasteiger charge is 2.40. The quantitative estimate of drug-likeness (QED) is 0.414. The predicted octanol–water partition coefficient (Wildman–Crippen LogP) is 0.701. The Morgan fingerprint density at radius 3 is 2.69 bits per heavy atom. The highest BCUT2D eigenvalue weighted by Crippen LogP contribution is 2.42. The van der Waals surface area contributed by atoms with Gasteiger partial charge in [-0.05, 0) is 37.5 Å². The van der Waals surface area contributed by atoms with Crippen molar-refractivity contribution in [3.63, 3.8) is 0 Å². The minimum absolute atomic E-state index is 0.0901. The first-order valence-electron chi connectivity index (χ1n) is 10.2. The molecule has 2 fully saturated rings. The van der Waals surface area contributed by atoms with Gasteiger partial charge >= 0.3 is 11.2 Å². The molecular weight excluding hydrogens is 372 g/mol. The van der Waals surface area contributed by atoms with Crippen molar-refractivity contribution in [3.8, 4) is 0 Å². The summed E-state index contributed by atoms with van der Waals surface area (Å²) >= 11 is 0. The summed E-state index contributed by atoms with van der Waals surface area (Å²) in [6.07, 6.45) is 4.51. The van der Waals surface area contributed by atoms with Gasteiger partial charge < -0.3 is 21.2 Å². The minimum atomic E-state index is -0.546. The first-order chi connectivity index (χ1) is 13.8. The average molecular weight is 402 g/mol. The van der Waals surface area contributed by atoms with E-state index in [2.05, 4.69) is 23.7 Å². The second-order valence-corrected chi connectivity index (χ2v) is 8.95. The third kappa shape index (κ3) is 3.32. The number of hydrogen-bond acceptors (Lipinski definition) is 7. The van der Waals surface area contributed by atoms with Crippen molar-refractivity contribution in [1.82, 2.24) is 14.2 Å². The molecule has 2 aliphatic rings. The van der Waals surface area contributed by atoms with Crippen LogP contribution in [-0.4, -0.2) is 40.7 Å². The highest BCUT2D eigenvalue weighted by molar-refractivity contribution is 5.83. The fraction of sp³-hybridized carbons (Fsp3) is 0.650. The van der Waals surface area contributed by atoms with Crippen molar-refractivity contribution < 1.29 is 4.74 Å². The summed E-state index contributed by atoms with van der Waals surface area (Å²) < 4.78 is 7.70. The minimum Gasteiger partial charge on any atom is -0.369 e. The summed E-state index contributed by atoms with van der Waals surface area (Å²) in [7, 11) is 0. The lowest BCUT2D eigenvalue weighted by molar-refractivity contribution is 0.112. The number of pyridine rings is 1. The van der Waals surface area contributed by atoms with Gasteiger partial charge in [0.25, 0.3) is 0 Å². The number of aryl methyl sites for hydroxylation is 1. The van der Waals surface area contributed by atoms with Crippen LogP contribution in [-0.2, 0) is 4.74 Å². The molecule has 0 aromatic carbocycles. The van der Waals surface area contributed by atoms with Gasteiger partial charge in [-0.1, -0.05) is 13.8 Å². The zero-order valence-corrected chi connectivity index (χ0v) is 17.4. The summed E-state index contributed by atoms with van der Waals surface area (Å²) in [6.45, 7) is 9.11. The lowest BCUT2D eigenvalue weighted by atomic mass is 9.80. The molecule has 158 valence electrons. The molecular formula is C20H30N6O3. The average Bonchev–Trinajstić information content (AvgIpc) is 3.46. The molecule has 29 heavy (non-hydrogen) atoms. The standard InChI is InChI=1S/C20H30N6O3/c1-12-15(24-9-13(6-7-29-11-21)20(2,3)10-24)8-23-16-17(12)25(14-4-5-14)19(28)26(22)18(16)27/h8,13-14H,4-7,9-11,21-22H2,1-3H3.